The second kappa shape index (κ2) is 5.73. The number of benzene rings is 1. The van der Waals surface area contributed by atoms with Crippen LogP contribution >= 0.6 is 11.3 Å². The molecule has 0 bridgehead atoms. The molecule has 1 amide bonds. The molecule has 0 aliphatic rings. The van der Waals surface area contributed by atoms with Crippen LogP contribution in [-0.4, -0.2) is 28.1 Å². The maximum absolute atomic E-state index is 12.7. The highest BCUT2D eigenvalue weighted by Gasteiger charge is 2.18. The van der Waals surface area contributed by atoms with Crippen molar-refractivity contribution >= 4 is 28.0 Å². The van der Waals surface area contributed by atoms with Gasteiger partial charge in [0.1, 0.15) is 0 Å². The molecule has 22 heavy (non-hydrogen) atoms. The van der Waals surface area contributed by atoms with Gasteiger partial charge in [0.2, 0.25) is 0 Å². The van der Waals surface area contributed by atoms with E-state index in [4.69, 9.17) is 0 Å². The Hall–Kier alpha value is -2.47. The number of thiophene rings is 1. The number of carbonyl (C=O) groups is 1. The van der Waals surface area contributed by atoms with E-state index in [2.05, 4.69) is 10.2 Å². The van der Waals surface area contributed by atoms with Gasteiger partial charge in [-0.25, -0.2) is 5.10 Å². The molecule has 2 heterocycles. The lowest BCUT2D eigenvalue weighted by molar-refractivity contribution is 0.0781. The van der Waals surface area contributed by atoms with Crippen molar-refractivity contribution in [1.29, 1.82) is 0 Å². The number of amides is 1. The first kappa shape index (κ1) is 14.5. The monoisotopic (exact) mass is 313 g/mol. The van der Waals surface area contributed by atoms with Gasteiger partial charge in [0.15, 0.2) is 5.69 Å². The maximum atomic E-state index is 12.7. The van der Waals surface area contributed by atoms with Crippen LogP contribution in [0.25, 0.3) is 10.8 Å². The van der Waals surface area contributed by atoms with E-state index >= 15 is 0 Å². The Balaban J connectivity index is 1.97. The summed E-state index contributed by atoms with van der Waals surface area (Å²) < 4.78 is 0. The molecule has 2 aromatic heterocycles. The molecule has 5 nitrogen and oxygen atoms in total. The maximum Gasteiger partial charge on any atom is 0.275 e. The summed E-state index contributed by atoms with van der Waals surface area (Å²) in [6, 6.07) is 9.03. The summed E-state index contributed by atoms with van der Waals surface area (Å²) in [6.07, 6.45) is 0. The van der Waals surface area contributed by atoms with Crippen LogP contribution < -0.4 is 5.56 Å². The van der Waals surface area contributed by atoms with E-state index in [0.717, 1.165) is 4.88 Å². The molecule has 3 aromatic rings. The Morgan fingerprint density at radius 3 is 2.68 bits per heavy atom. The number of aromatic amines is 1. The summed E-state index contributed by atoms with van der Waals surface area (Å²) in [5.74, 6) is -0.208. The van der Waals surface area contributed by atoms with Crippen molar-refractivity contribution in [2.45, 2.75) is 13.5 Å². The lowest BCUT2D eigenvalue weighted by Crippen LogP contribution is -2.28. The zero-order valence-corrected chi connectivity index (χ0v) is 13.1. The average molecular weight is 313 g/mol. The summed E-state index contributed by atoms with van der Waals surface area (Å²) in [4.78, 5) is 27.2. The fourth-order valence-electron chi connectivity index (χ4n) is 2.31. The number of rotatable bonds is 3. The standard InChI is InChI=1S/C16H15N3O2S/c1-10-7-8-22-13(10)9-19(2)16(21)14-11-5-3-4-6-12(11)15(20)18-17-14/h3-8H,9H2,1-2H3,(H,18,20). The molecule has 0 spiro atoms. The van der Waals surface area contributed by atoms with Crippen LogP contribution in [0.3, 0.4) is 0 Å². The van der Waals surface area contributed by atoms with Crippen molar-refractivity contribution in [2.24, 2.45) is 0 Å². The molecule has 0 saturated carbocycles. The van der Waals surface area contributed by atoms with Crippen LogP contribution in [0.1, 0.15) is 20.9 Å². The van der Waals surface area contributed by atoms with Gasteiger partial charge in [-0.2, -0.15) is 5.10 Å². The molecule has 0 aliphatic heterocycles. The van der Waals surface area contributed by atoms with Crippen molar-refractivity contribution < 1.29 is 4.79 Å². The molecule has 0 saturated heterocycles. The van der Waals surface area contributed by atoms with E-state index in [-0.39, 0.29) is 17.2 Å². The van der Waals surface area contributed by atoms with Crippen LogP contribution in [0.4, 0.5) is 0 Å². The van der Waals surface area contributed by atoms with Gasteiger partial charge in [-0.15, -0.1) is 11.3 Å². The summed E-state index contributed by atoms with van der Waals surface area (Å²) in [5.41, 5.74) is 1.15. The van der Waals surface area contributed by atoms with Crippen LogP contribution in [0.15, 0.2) is 40.5 Å². The Morgan fingerprint density at radius 2 is 2.00 bits per heavy atom. The predicted molar refractivity (Wildman–Crippen MR) is 87.2 cm³/mol. The third-order valence-electron chi connectivity index (χ3n) is 3.59. The van der Waals surface area contributed by atoms with Crippen LogP contribution in [0.5, 0.6) is 0 Å². The summed E-state index contributed by atoms with van der Waals surface area (Å²) in [6.45, 7) is 2.55. The Labute approximate surface area is 131 Å². The van der Waals surface area contributed by atoms with Crippen LogP contribution in [0.2, 0.25) is 0 Å². The molecular weight excluding hydrogens is 298 g/mol. The molecule has 0 unspecified atom stereocenters. The first-order valence-corrected chi connectivity index (χ1v) is 7.71. The third-order valence-corrected chi connectivity index (χ3v) is 4.60. The minimum atomic E-state index is -0.288. The Bertz CT molecular complexity index is 898. The number of hydrogen-bond donors (Lipinski definition) is 1. The zero-order chi connectivity index (χ0) is 15.7. The number of nitrogens with one attached hydrogen (secondary N) is 1. The number of aromatic nitrogens is 2. The summed E-state index contributed by atoms with van der Waals surface area (Å²) >= 11 is 1.62. The minimum Gasteiger partial charge on any atom is -0.335 e. The fraction of sp³-hybridized carbons (Fsp3) is 0.188. The molecule has 1 aromatic carbocycles. The van der Waals surface area contributed by atoms with E-state index < -0.39 is 0 Å². The van der Waals surface area contributed by atoms with E-state index in [1.807, 2.05) is 18.4 Å². The number of aryl methyl sites for hydroxylation is 1. The molecular formula is C16H15N3O2S. The molecule has 1 N–H and O–H groups in total. The average Bonchev–Trinajstić information content (AvgIpc) is 2.92. The highest BCUT2D eigenvalue weighted by Crippen LogP contribution is 2.19. The van der Waals surface area contributed by atoms with Gasteiger partial charge < -0.3 is 4.90 Å². The number of hydrogen-bond acceptors (Lipinski definition) is 4. The van der Waals surface area contributed by atoms with Gasteiger partial charge in [-0.05, 0) is 30.0 Å². The third kappa shape index (κ3) is 2.53. The molecule has 3 rings (SSSR count). The van der Waals surface area contributed by atoms with Gasteiger partial charge in [-0.1, -0.05) is 18.2 Å². The van der Waals surface area contributed by atoms with Gasteiger partial charge in [0, 0.05) is 17.3 Å². The van der Waals surface area contributed by atoms with Gasteiger partial charge in [-0.3, -0.25) is 9.59 Å². The smallest absolute Gasteiger partial charge is 0.275 e. The normalized spacial score (nSPS) is 10.8. The Morgan fingerprint density at radius 1 is 1.27 bits per heavy atom. The molecule has 0 fully saturated rings. The van der Waals surface area contributed by atoms with Crippen molar-refractivity contribution in [3.05, 3.63) is 62.2 Å². The highest BCUT2D eigenvalue weighted by molar-refractivity contribution is 7.10. The minimum absolute atomic E-state index is 0.208. The van der Waals surface area contributed by atoms with E-state index in [0.29, 0.717) is 17.3 Å². The summed E-state index contributed by atoms with van der Waals surface area (Å²) in [7, 11) is 1.74. The van der Waals surface area contributed by atoms with Crippen molar-refractivity contribution in [2.75, 3.05) is 7.05 Å². The van der Waals surface area contributed by atoms with Gasteiger partial charge >= 0.3 is 0 Å². The topological polar surface area (TPSA) is 66.1 Å². The first-order valence-electron chi connectivity index (χ1n) is 6.84. The van der Waals surface area contributed by atoms with E-state index in [1.54, 1.807) is 47.5 Å². The number of fused-ring (bicyclic) bond motifs is 1. The fourth-order valence-corrected chi connectivity index (χ4v) is 3.27. The SMILES string of the molecule is Cc1ccsc1CN(C)C(=O)c1n[nH]c(=O)c2ccccc12. The second-order valence-electron chi connectivity index (χ2n) is 5.13. The van der Waals surface area contributed by atoms with E-state index in [9.17, 15) is 9.59 Å². The number of carbonyl (C=O) groups excluding carboxylic acids is 1. The van der Waals surface area contributed by atoms with Gasteiger partial charge in [0.25, 0.3) is 11.5 Å². The predicted octanol–water partition coefficient (Wildman–Crippen LogP) is 2.57. The lowest BCUT2D eigenvalue weighted by atomic mass is 10.1. The Kier molecular flexibility index (Phi) is 3.77. The number of H-pyrrole nitrogens is 1. The quantitative estimate of drug-likeness (QED) is 0.808. The molecule has 0 aliphatic carbocycles. The van der Waals surface area contributed by atoms with Gasteiger partial charge in [0.05, 0.1) is 11.9 Å². The molecule has 0 atom stereocenters. The zero-order valence-electron chi connectivity index (χ0n) is 12.3. The van der Waals surface area contributed by atoms with E-state index in [1.165, 1.54) is 5.56 Å². The van der Waals surface area contributed by atoms with Crippen LogP contribution in [0, 0.1) is 6.92 Å². The number of nitrogens with zero attached hydrogens (tertiary/aromatic N) is 2. The molecule has 6 heteroatoms. The summed E-state index contributed by atoms with van der Waals surface area (Å²) in [5, 5.41) is 9.41. The largest absolute Gasteiger partial charge is 0.335 e. The lowest BCUT2D eigenvalue weighted by Gasteiger charge is -2.17. The van der Waals surface area contributed by atoms with Crippen LogP contribution in [-0.2, 0) is 6.54 Å². The molecule has 112 valence electrons. The van der Waals surface area contributed by atoms with Crippen molar-refractivity contribution in [3.63, 3.8) is 0 Å². The second-order valence-corrected chi connectivity index (χ2v) is 6.14. The van der Waals surface area contributed by atoms with Crippen molar-refractivity contribution in [3.8, 4) is 0 Å². The molecule has 0 radical (unpaired) electrons. The first-order chi connectivity index (χ1) is 10.6. The highest BCUT2D eigenvalue weighted by atomic mass is 32.1. The van der Waals surface area contributed by atoms with Crippen molar-refractivity contribution in [1.82, 2.24) is 15.1 Å².